The lowest BCUT2D eigenvalue weighted by Crippen LogP contribution is -2.37. The van der Waals surface area contributed by atoms with E-state index in [1.807, 2.05) is 6.07 Å². The Labute approximate surface area is 139 Å². The van der Waals surface area contributed by atoms with Crippen LogP contribution in [0.1, 0.15) is 28.8 Å². The summed E-state index contributed by atoms with van der Waals surface area (Å²) in [6, 6.07) is 7.11. The van der Waals surface area contributed by atoms with Crippen LogP contribution in [-0.2, 0) is 11.3 Å². The number of benzene rings is 1. The van der Waals surface area contributed by atoms with E-state index in [1.165, 1.54) is 12.1 Å². The number of amides is 1. The minimum Gasteiger partial charge on any atom is -0.507 e. The van der Waals surface area contributed by atoms with Crippen molar-refractivity contribution in [2.24, 2.45) is 0 Å². The number of carbonyl (C=O) groups excluding carboxylic acids is 1. The number of halogens is 1. The van der Waals surface area contributed by atoms with Crippen molar-refractivity contribution < 1.29 is 19.0 Å². The van der Waals surface area contributed by atoms with Crippen molar-refractivity contribution in [1.82, 2.24) is 9.88 Å². The van der Waals surface area contributed by atoms with Crippen molar-refractivity contribution in [3.63, 3.8) is 0 Å². The average molecular weight is 330 g/mol. The van der Waals surface area contributed by atoms with Gasteiger partial charge in [-0.05, 0) is 36.6 Å². The molecule has 1 fully saturated rings. The number of carbonyl (C=O) groups is 1. The Morgan fingerprint density at radius 2 is 2.29 bits per heavy atom. The lowest BCUT2D eigenvalue weighted by molar-refractivity contribution is 0.0504. The largest absolute Gasteiger partial charge is 0.507 e. The average Bonchev–Trinajstić information content (AvgIpc) is 3.08. The molecule has 1 amide bonds. The predicted octanol–water partition coefficient (Wildman–Crippen LogP) is 2.75. The van der Waals surface area contributed by atoms with Crippen molar-refractivity contribution in [3.8, 4) is 5.75 Å². The van der Waals surface area contributed by atoms with E-state index in [9.17, 15) is 14.3 Å². The monoisotopic (exact) mass is 330 g/mol. The summed E-state index contributed by atoms with van der Waals surface area (Å²) in [7, 11) is 0. The Hall–Kier alpha value is -2.47. The molecule has 5 nitrogen and oxygen atoms in total. The summed E-state index contributed by atoms with van der Waals surface area (Å²) in [4.78, 5) is 18.5. The van der Waals surface area contributed by atoms with Gasteiger partial charge in [0.2, 0.25) is 0 Å². The van der Waals surface area contributed by atoms with Crippen LogP contribution < -0.4 is 0 Å². The van der Waals surface area contributed by atoms with Crippen molar-refractivity contribution in [2.75, 3.05) is 13.2 Å². The number of hydrogen-bond acceptors (Lipinski definition) is 4. The van der Waals surface area contributed by atoms with Gasteiger partial charge in [-0.1, -0.05) is 6.07 Å². The Balaban J connectivity index is 1.83. The van der Waals surface area contributed by atoms with E-state index in [2.05, 4.69) is 4.98 Å². The predicted molar refractivity (Wildman–Crippen MR) is 86.0 cm³/mol. The molecule has 6 heteroatoms. The molecule has 1 aromatic carbocycles. The summed E-state index contributed by atoms with van der Waals surface area (Å²) in [5, 5.41) is 9.91. The number of pyridine rings is 1. The van der Waals surface area contributed by atoms with Crippen LogP contribution in [0.3, 0.4) is 0 Å². The SMILES string of the molecule is O=C(c1ccc(F)cc1O)N(Cc1cccnc1)C[C@@H]1CCCO1. The fourth-order valence-electron chi connectivity index (χ4n) is 2.82. The fraction of sp³-hybridized carbons (Fsp3) is 0.333. The first-order chi connectivity index (χ1) is 11.6. The molecule has 2 heterocycles. The normalized spacial score (nSPS) is 17.0. The van der Waals surface area contributed by atoms with Gasteiger partial charge >= 0.3 is 0 Å². The van der Waals surface area contributed by atoms with Crippen molar-refractivity contribution in [3.05, 3.63) is 59.7 Å². The standard InChI is InChI=1S/C18H19FN2O3/c19-14-5-6-16(17(22)9-14)18(23)21(12-15-4-2-8-24-15)11-13-3-1-7-20-10-13/h1,3,5-7,9-10,15,22H,2,4,8,11-12H2/t15-/m0/s1. The van der Waals surface area contributed by atoms with E-state index in [0.717, 1.165) is 24.5 Å². The highest BCUT2D eigenvalue weighted by Crippen LogP contribution is 2.22. The Morgan fingerprint density at radius 1 is 1.42 bits per heavy atom. The molecule has 0 radical (unpaired) electrons. The zero-order valence-corrected chi connectivity index (χ0v) is 13.2. The number of rotatable bonds is 5. The first-order valence-corrected chi connectivity index (χ1v) is 7.92. The summed E-state index contributed by atoms with van der Waals surface area (Å²) >= 11 is 0. The number of nitrogens with zero attached hydrogens (tertiary/aromatic N) is 2. The molecule has 3 rings (SSSR count). The molecule has 1 aliphatic rings. The molecule has 126 valence electrons. The number of aromatic nitrogens is 1. The topological polar surface area (TPSA) is 62.7 Å². The number of phenols is 1. The van der Waals surface area contributed by atoms with Crippen molar-refractivity contribution >= 4 is 5.91 Å². The van der Waals surface area contributed by atoms with E-state index in [-0.39, 0.29) is 23.3 Å². The van der Waals surface area contributed by atoms with Gasteiger partial charge in [-0.25, -0.2) is 4.39 Å². The van der Waals surface area contributed by atoms with Gasteiger partial charge in [-0.15, -0.1) is 0 Å². The maximum atomic E-state index is 13.2. The summed E-state index contributed by atoms with van der Waals surface area (Å²) in [5.41, 5.74) is 0.962. The highest BCUT2D eigenvalue weighted by molar-refractivity contribution is 5.96. The zero-order valence-electron chi connectivity index (χ0n) is 13.2. The summed E-state index contributed by atoms with van der Waals surface area (Å²) < 4.78 is 18.8. The van der Waals surface area contributed by atoms with Gasteiger partial charge in [0.15, 0.2) is 0 Å². The van der Waals surface area contributed by atoms with Gasteiger partial charge in [0.1, 0.15) is 11.6 Å². The first kappa shape index (κ1) is 16.4. The molecule has 0 aliphatic carbocycles. The van der Waals surface area contributed by atoms with E-state index in [1.54, 1.807) is 23.4 Å². The van der Waals surface area contributed by atoms with Crippen LogP contribution >= 0.6 is 0 Å². The molecule has 0 saturated carbocycles. The third-order valence-electron chi connectivity index (χ3n) is 4.02. The van der Waals surface area contributed by atoms with Gasteiger partial charge < -0.3 is 14.7 Å². The summed E-state index contributed by atoms with van der Waals surface area (Å²) in [5.74, 6) is -1.29. The number of aromatic hydroxyl groups is 1. The molecule has 0 spiro atoms. The molecule has 1 aliphatic heterocycles. The fourth-order valence-corrected chi connectivity index (χ4v) is 2.82. The lowest BCUT2D eigenvalue weighted by Gasteiger charge is -2.26. The molecule has 1 atom stereocenters. The molecule has 0 bridgehead atoms. The van der Waals surface area contributed by atoms with Crippen molar-refractivity contribution in [1.29, 1.82) is 0 Å². The van der Waals surface area contributed by atoms with Crippen molar-refractivity contribution in [2.45, 2.75) is 25.5 Å². The quantitative estimate of drug-likeness (QED) is 0.916. The highest BCUT2D eigenvalue weighted by atomic mass is 19.1. The third kappa shape index (κ3) is 3.89. The van der Waals surface area contributed by atoms with Gasteiger partial charge in [-0.3, -0.25) is 9.78 Å². The van der Waals surface area contributed by atoms with E-state index < -0.39 is 5.82 Å². The molecular formula is C18H19FN2O3. The Bertz CT molecular complexity index is 703. The van der Waals surface area contributed by atoms with Crippen LogP contribution in [0.15, 0.2) is 42.7 Å². The van der Waals surface area contributed by atoms with Gasteiger partial charge in [0.25, 0.3) is 5.91 Å². The molecule has 2 aromatic rings. The molecule has 1 N–H and O–H groups in total. The van der Waals surface area contributed by atoms with Crippen LogP contribution in [0, 0.1) is 5.82 Å². The maximum Gasteiger partial charge on any atom is 0.258 e. The van der Waals surface area contributed by atoms with Crippen LogP contribution in [0.5, 0.6) is 5.75 Å². The number of hydrogen-bond donors (Lipinski definition) is 1. The van der Waals surface area contributed by atoms with Crippen LogP contribution in [0.25, 0.3) is 0 Å². The minimum absolute atomic E-state index is 0.0202. The highest BCUT2D eigenvalue weighted by Gasteiger charge is 2.25. The maximum absolute atomic E-state index is 13.2. The van der Waals surface area contributed by atoms with Crippen LogP contribution in [0.2, 0.25) is 0 Å². The van der Waals surface area contributed by atoms with E-state index in [4.69, 9.17) is 4.74 Å². The van der Waals surface area contributed by atoms with Crippen LogP contribution in [0.4, 0.5) is 4.39 Å². The van der Waals surface area contributed by atoms with E-state index >= 15 is 0 Å². The molecule has 1 saturated heterocycles. The minimum atomic E-state index is -0.581. The van der Waals surface area contributed by atoms with Crippen LogP contribution in [-0.4, -0.2) is 40.2 Å². The van der Waals surface area contributed by atoms with Gasteiger partial charge in [0, 0.05) is 38.2 Å². The molecule has 1 aromatic heterocycles. The van der Waals surface area contributed by atoms with E-state index in [0.29, 0.717) is 19.7 Å². The zero-order chi connectivity index (χ0) is 16.9. The second-order valence-corrected chi connectivity index (χ2v) is 5.84. The number of phenolic OH excluding ortho intramolecular Hbond substituents is 1. The van der Waals surface area contributed by atoms with Gasteiger partial charge in [0.05, 0.1) is 11.7 Å². The molecule has 0 unspecified atom stereocenters. The number of ether oxygens (including phenoxy) is 1. The molecular weight excluding hydrogens is 311 g/mol. The Kier molecular flexibility index (Phi) is 5.05. The lowest BCUT2D eigenvalue weighted by atomic mass is 10.1. The second kappa shape index (κ2) is 7.40. The summed E-state index contributed by atoms with van der Waals surface area (Å²) in [6.07, 6.45) is 5.21. The molecule has 24 heavy (non-hydrogen) atoms. The second-order valence-electron chi connectivity index (χ2n) is 5.84. The smallest absolute Gasteiger partial charge is 0.258 e. The van der Waals surface area contributed by atoms with Gasteiger partial charge in [-0.2, -0.15) is 0 Å². The third-order valence-corrected chi connectivity index (χ3v) is 4.02. The first-order valence-electron chi connectivity index (χ1n) is 7.92. The summed E-state index contributed by atoms with van der Waals surface area (Å²) in [6.45, 7) is 1.47. The Morgan fingerprint density at radius 3 is 2.96 bits per heavy atom.